The largest absolute Gasteiger partial charge is 0.320 e. The van der Waals surface area contributed by atoms with Crippen LogP contribution in [0.3, 0.4) is 0 Å². The SMILES string of the molecule is Cc1ccc(NC(=O)c2sccc2S(=O)(=O)N2CCCCC2)c(Cl)c1. The normalized spacial score (nSPS) is 15.9. The fourth-order valence-corrected chi connectivity index (χ4v) is 5.91. The number of rotatable bonds is 4. The molecule has 5 nitrogen and oxygen atoms in total. The maximum atomic E-state index is 12.9. The molecule has 1 saturated heterocycles. The molecule has 134 valence electrons. The highest BCUT2D eigenvalue weighted by atomic mass is 35.5. The average Bonchev–Trinajstić information content (AvgIpc) is 3.09. The van der Waals surface area contributed by atoms with Gasteiger partial charge in [-0.05, 0) is 48.9 Å². The van der Waals surface area contributed by atoms with Crippen molar-refractivity contribution in [2.75, 3.05) is 18.4 Å². The van der Waals surface area contributed by atoms with E-state index in [4.69, 9.17) is 11.6 Å². The van der Waals surface area contributed by atoms with Crippen molar-refractivity contribution in [2.45, 2.75) is 31.1 Å². The van der Waals surface area contributed by atoms with E-state index in [9.17, 15) is 13.2 Å². The number of hydrogen-bond donors (Lipinski definition) is 1. The molecule has 2 aromatic rings. The summed E-state index contributed by atoms with van der Waals surface area (Å²) in [6.07, 6.45) is 2.74. The van der Waals surface area contributed by atoms with Gasteiger partial charge in [0.1, 0.15) is 9.77 Å². The fourth-order valence-electron chi connectivity index (χ4n) is 2.81. The number of sulfonamides is 1. The number of nitrogens with one attached hydrogen (secondary N) is 1. The molecule has 25 heavy (non-hydrogen) atoms. The topological polar surface area (TPSA) is 66.5 Å². The molecule has 0 spiro atoms. The Bertz CT molecular complexity index is 887. The van der Waals surface area contributed by atoms with Gasteiger partial charge in [0.15, 0.2) is 0 Å². The molecule has 0 radical (unpaired) electrons. The van der Waals surface area contributed by atoms with Gasteiger partial charge in [-0.3, -0.25) is 4.79 Å². The summed E-state index contributed by atoms with van der Waals surface area (Å²) >= 11 is 7.26. The van der Waals surface area contributed by atoms with Crippen molar-refractivity contribution in [1.29, 1.82) is 0 Å². The molecule has 0 bridgehead atoms. The molecule has 1 aliphatic heterocycles. The summed E-state index contributed by atoms with van der Waals surface area (Å²) in [5.41, 5.74) is 1.44. The van der Waals surface area contributed by atoms with E-state index in [2.05, 4.69) is 5.32 Å². The second-order valence-electron chi connectivity index (χ2n) is 6.02. The van der Waals surface area contributed by atoms with Crippen molar-refractivity contribution in [3.63, 3.8) is 0 Å². The van der Waals surface area contributed by atoms with Gasteiger partial charge in [-0.1, -0.05) is 24.1 Å². The smallest absolute Gasteiger partial charge is 0.267 e. The van der Waals surface area contributed by atoms with Crippen LogP contribution in [0.5, 0.6) is 0 Å². The number of anilines is 1. The molecule has 0 atom stereocenters. The minimum atomic E-state index is -3.65. The summed E-state index contributed by atoms with van der Waals surface area (Å²) < 4.78 is 27.2. The van der Waals surface area contributed by atoms with Crippen LogP contribution in [0, 0.1) is 6.92 Å². The van der Waals surface area contributed by atoms with Gasteiger partial charge < -0.3 is 5.32 Å². The zero-order valence-electron chi connectivity index (χ0n) is 13.8. The van der Waals surface area contributed by atoms with Gasteiger partial charge in [0, 0.05) is 13.1 Å². The molecule has 1 N–H and O–H groups in total. The van der Waals surface area contributed by atoms with E-state index >= 15 is 0 Å². The Morgan fingerprint density at radius 3 is 2.60 bits per heavy atom. The van der Waals surface area contributed by atoms with Gasteiger partial charge in [0.2, 0.25) is 10.0 Å². The van der Waals surface area contributed by atoms with E-state index in [-0.39, 0.29) is 9.77 Å². The number of thiophene rings is 1. The molecule has 0 unspecified atom stereocenters. The third-order valence-electron chi connectivity index (χ3n) is 4.14. The highest BCUT2D eigenvalue weighted by Gasteiger charge is 2.31. The Morgan fingerprint density at radius 1 is 1.20 bits per heavy atom. The molecule has 1 fully saturated rings. The third-order valence-corrected chi connectivity index (χ3v) is 7.44. The van der Waals surface area contributed by atoms with Gasteiger partial charge >= 0.3 is 0 Å². The number of carbonyl (C=O) groups excluding carboxylic acids is 1. The highest BCUT2D eigenvalue weighted by Crippen LogP contribution is 2.29. The standard InChI is InChI=1S/C17H19ClN2O3S2/c1-12-5-6-14(13(18)11-12)19-17(21)16-15(7-10-24-16)25(22,23)20-8-3-2-4-9-20/h5-7,10-11H,2-4,8-9H2,1H3,(H,19,21). The molecule has 1 aromatic heterocycles. The molecular weight excluding hydrogens is 380 g/mol. The predicted molar refractivity (Wildman–Crippen MR) is 101 cm³/mol. The van der Waals surface area contributed by atoms with E-state index in [1.165, 1.54) is 10.4 Å². The first-order valence-electron chi connectivity index (χ1n) is 8.05. The van der Waals surface area contributed by atoms with E-state index in [0.717, 1.165) is 36.2 Å². The van der Waals surface area contributed by atoms with Crippen LogP contribution in [0.25, 0.3) is 0 Å². The highest BCUT2D eigenvalue weighted by molar-refractivity contribution is 7.89. The lowest BCUT2D eigenvalue weighted by atomic mass is 10.2. The van der Waals surface area contributed by atoms with E-state index < -0.39 is 15.9 Å². The van der Waals surface area contributed by atoms with Crippen molar-refractivity contribution in [2.24, 2.45) is 0 Å². The summed E-state index contributed by atoms with van der Waals surface area (Å²) in [4.78, 5) is 12.9. The van der Waals surface area contributed by atoms with E-state index in [0.29, 0.717) is 23.8 Å². The van der Waals surface area contributed by atoms with Gasteiger partial charge in [-0.15, -0.1) is 11.3 Å². The first kappa shape index (κ1) is 18.4. The first-order valence-corrected chi connectivity index (χ1v) is 10.7. The van der Waals surface area contributed by atoms with Crippen molar-refractivity contribution in [1.82, 2.24) is 4.31 Å². The molecule has 1 aromatic carbocycles. The van der Waals surface area contributed by atoms with Crippen molar-refractivity contribution in [3.8, 4) is 0 Å². The monoisotopic (exact) mass is 398 g/mol. The fraction of sp³-hybridized carbons (Fsp3) is 0.353. The molecule has 3 rings (SSSR count). The Hall–Kier alpha value is -1.41. The predicted octanol–water partition coefficient (Wildman–Crippen LogP) is 4.14. The molecule has 8 heteroatoms. The summed E-state index contributed by atoms with van der Waals surface area (Å²) in [6.45, 7) is 2.91. The van der Waals surface area contributed by atoms with E-state index in [1.807, 2.05) is 13.0 Å². The van der Waals surface area contributed by atoms with Gasteiger partial charge in [-0.2, -0.15) is 4.31 Å². The van der Waals surface area contributed by atoms with Crippen molar-refractivity contribution in [3.05, 3.63) is 45.1 Å². The third kappa shape index (κ3) is 3.89. The van der Waals surface area contributed by atoms with Crippen molar-refractivity contribution < 1.29 is 13.2 Å². The molecule has 0 saturated carbocycles. The summed E-state index contributed by atoms with van der Waals surface area (Å²) in [5, 5.41) is 4.76. The number of aryl methyl sites for hydroxylation is 1. The maximum Gasteiger partial charge on any atom is 0.267 e. The quantitative estimate of drug-likeness (QED) is 0.841. The van der Waals surface area contributed by atoms with Crippen LogP contribution in [0.15, 0.2) is 34.5 Å². The number of halogens is 1. The number of amides is 1. The lowest BCUT2D eigenvalue weighted by Gasteiger charge is -2.25. The van der Waals surface area contributed by atoms with Crippen LogP contribution in [-0.4, -0.2) is 31.7 Å². The second-order valence-corrected chi connectivity index (χ2v) is 9.25. The van der Waals surface area contributed by atoms with Crippen LogP contribution in [0.1, 0.15) is 34.5 Å². The Balaban J connectivity index is 1.86. The van der Waals surface area contributed by atoms with Crippen molar-refractivity contribution >= 4 is 44.6 Å². The first-order chi connectivity index (χ1) is 11.9. The number of carbonyl (C=O) groups is 1. The van der Waals surface area contributed by atoms with Crippen LogP contribution < -0.4 is 5.32 Å². The molecular formula is C17H19ClN2O3S2. The summed E-state index contributed by atoms with van der Waals surface area (Å²) in [5.74, 6) is -0.462. The van der Waals surface area contributed by atoms with Gasteiger partial charge in [-0.25, -0.2) is 8.42 Å². The minimum absolute atomic E-state index is 0.0696. The summed E-state index contributed by atoms with van der Waals surface area (Å²) in [6, 6.07) is 6.79. The van der Waals surface area contributed by atoms with E-state index in [1.54, 1.807) is 17.5 Å². The number of hydrogen-bond acceptors (Lipinski definition) is 4. The minimum Gasteiger partial charge on any atom is -0.320 e. The lowest BCUT2D eigenvalue weighted by Crippen LogP contribution is -2.36. The summed E-state index contributed by atoms with van der Waals surface area (Å²) in [7, 11) is -3.65. The van der Waals surface area contributed by atoms with Crippen LogP contribution in [0.2, 0.25) is 5.02 Å². The Labute approximate surface area is 156 Å². The Morgan fingerprint density at radius 2 is 1.92 bits per heavy atom. The molecule has 1 amide bonds. The zero-order chi connectivity index (χ0) is 18.0. The second kappa shape index (κ2) is 7.45. The van der Waals surface area contributed by atoms with Gasteiger partial charge in [0.05, 0.1) is 10.7 Å². The van der Waals surface area contributed by atoms with Gasteiger partial charge in [0.25, 0.3) is 5.91 Å². The molecule has 1 aliphatic rings. The van der Waals surface area contributed by atoms with Crippen LogP contribution >= 0.6 is 22.9 Å². The number of benzene rings is 1. The Kier molecular flexibility index (Phi) is 5.48. The average molecular weight is 399 g/mol. The number of piperidine rings is 1. The molecule has 2 heterocycles. The molecule has 0 aliphatic carbocycles. The van der Waals surface area contributed by atoms with Crippen LogP contribution in [0.4, 0.5) is 5.69 Å². The van der Waals surface area contributed by atoms with Crippen LogP contribution in [-0.2, 0) is 10.0 Å². The lowest BCUT2D eigenvalue weighted by molar-refractivity contribution is 0.102. The number of nitrogens with zero attached hydrogens (tertiary/aromatic N) is 1. The maximum absolute atomic E-state index is 12.9. The zero-order valence-corrected chi connectivity index (χ0v) is 16.2.